The van der Waals surface area contributed by atoms with Gasteiger partial charge in [-0.05, 0) is 49.4 Å². The first kappa shape index (κ1) is 17.0. The summed E-state index contributed by atoms with van der Waals surface area (Å²) in [6.45, 7) is 5.31. The Kier molecular flexibility index (Phi) is 5.22. The molecule has 3 heteroatoms. The fourth-order valence-corrected chi connectivity index (χ4v) is 3.38. The molecule has 0 spiro atoms. The maximum Gasteiger partial charge on any atom is 0.123 e. The molecule has 0 bridgehead atoms. The van der Waals surface area contributed by atoms with Crippen molar-refractivity contribution in [1.29, 1.82) is 0 Å². The van der Waals surface area contributed by atoms with Crippen molar-refractivity contribution < 1.29 is 9.84 Å². The molecule has 128 valence electrons. The minimum atomic E-state index is -0.0952. The fourth-order valence-electron chi connectivity index (χ4n) is 3.38. The Morgan fingerprint density at radius 3 is 2.71 bits per heavy atom. The molecule has 1 atom stereocenters. The normalized spacial score (nSPS) is 16.5. The molecule has 2 N–H and O–H groups in total. The van der Waals surface area contributed by atoms with E-state index in [1.165, 1.54) is 16.7 Å². The van der Waals surface area contributed by atoms with Crippen molar-refractivity contribution >= 4 is 0 Å². The van der Waals surface area contributed by atoms with Crippen molar-refractivity contribution in [3.63, 3.8) is 0 Å². The van der Waals surface area contributed by atoms with Gasteiger partial charge >= 0.3 is 0 Å². The Bertz CT molecular complexity index is 667. The van der Waals surface area contributed by atoms with Crippen molar-refractivity contribution in [3.8, 4) is 5.75 Å². The molecule has 1 aliphatic rings. The van der Waals surface area contributed by atoms with Crippen molar-refractivity contribution in [2.75, 3.05) is 6.61 Å². The van der Waals surface area contributed by atoms with Gasteiger partial charge in [-0.15, -0.1) is 0 Å². The topological polar surface area (TPSA) is 41.5 Å². The molecule has 0 radical (unpaired) electrons. The zero-order chi connectivity index (χ0) is 17.0. The van der Waals surface area contributed by atoms with Gasteiger partial charge in [0.1, 0.15) is 11.4 Å². The van der Waals surface area contributed by atoms with E-state index in [9.17, 15) is 0 Å². The molecule has 1 aliphatic heterocycles. The van der Waals surface area contributed by atoms with Crippen LogP contribution in [0.25, 0.3) is 0 Å². The molecular formula is C21H27NO2. The van der Waals surface area contributed by atoms with Gasteiger partial charge in [0, 0.05) is 25.6 Å². The highest BCUT2D eigenvalue weighted by Gasteiger charge is 2.29. The zero-order valence-electron chi connectivity index (χ0n) is 14.6. The Morgan fingerprint density at radius 1 is 1.17 bits per heavy atom. The SMILES string of the molecule is CC1(C)Cc2cc(CNC(CCCO)c3ccccc3)ccc2O1. The van der Waals surface area contributed by atoms with E-state index < -0.39 is 0 Å². The van der Waals surface area contributed by atoms with E-state index in [0.717, 1.165) is 31.6 Å². The third kappa shape index (κ3) is 4.16. The average molecular weight is 325 g/mol. The quantitative estimate of drug-likeness (QED) is 0.808. The Labute approximate surface area is 144 Å². The Balaban J connectivity index is 1.67. The zero-order valence-corrected chi connectivity index (χ0v) is 14.6. The number of nitrogens with one attached hydrogen (secondary N) is 1. The summed E-state index contributed by atoms with van der Waals surface area (Å²) in [5, 5.41) is 12.8. The molecule has 0 amide bonds. The highest BCUT2D eigenvalue weighted by atomic mass is 16.5. The van der Waals surface area contributed by atoms with Crippen LogP contribution >= 0.6 is 0 Å². The predicted molar refractivity (Wildman–Crippen MR) is 97.2 cm³/mol. The lowest BCUT2D eigenvalue weighted by Crippen LogP contribution is -2.24. The molecule has 1 heterocycles. The predicted octanol–water partition coefficient (Wildman–Crippen LogP) is 4.00. The molecule has 0 saturated heterocycles. The monoisotopic (exact) mass is 325 g/mol. The van der Waals surface area contributed by atoms with Crippen LogP contribution in [0.2, 0.25) is 0 Å². The van der Waals surface area contributed by atoms with E-state index in [1.807, 2.05) is 6.07 Å². The van der Waals surface area contributed by atoms with Gasteiger partial charge in [0.05, 0.1) is 0 Å². The van der Waals surface area contributed by atoms with E-state index in [2.05, 4.69) is 61.6 Å². The summed E-state index contributed by atoms with van der Waals surface area (Å²) < 4.78 is 5.95. The van der Waals surface area contributed by atoms with Crippen molar-refractivity contribution in [1.82, 2.24) is 5.32 Å². The van der Waals surface area contributed by atoms with Gasteiger partial charge in [0.25, 0.3) is 0 Å². The number of benzene rings is 2. The summed E-state index contributed by atoms with van der Waals surface area (Å²) in [7, 11) is 0. The second-order valence-corrected chi connectivity index (χ2v) is 7.19. The van der Waals surface area contributed by atoms with Gasteiger partial charge in [0.2, 0.25) is 0 Å². The molecule has 3 nitrogen and oxygen atoms in total. The number of aliphatic hydroxyl groups is 1. The smallest absolute Gasteiger partial charge is 0.123 e. The van der Waals surface area contributed by atoms with Crippen LogP contribution in [0.5, 0.6) is 5.75 Å². The highest BCUT2D eigenvalue weighted by molar-refractivity contribution is 5.41. The number of aliphatic hydroxyl groups excluding tert-OH is 1. The maximum atomic E-state index is 9.16. The molecule has 0 aromatic heterocycles. The van der Waals surface area contributed by atoms with Crippen LogP contribution in [0.15, 0.2) is 48.5 Å². The van der Waals surface area contributed by atoms with Crippen molar-refractivity contribution in [3.05, 3.63) is 65.2 Å². The van der Waals surface area contributed by atoms with Crippen LogP contribution in [-0.2, 0) is 13.0 Å². The van der Waals surface area contributed by atoms with Gasteiger partial charge in [-0.25, -0.2) is 0 Å². The lowest BCUT2D eigenvalue weighted by atomic mass is 9.99. The highest BCUT2D eigenvalue weighted by Crippen LogP contribution is 2.35. The summed E-state index contributed by atoms with van der Waals surface area (Å²) >= 11 is 0. The summed E-state index contributed by atoms with van der Waals surface area (Å²) in [4.78, 5) is 0. The van der Waals surface area contributed by atoms with Crippen molar-refractivity contribution in [2.45, 2.75) is 51.3 Å². The van der Waals surface area contributed by atoms with E-state index >= 15 is 0 Å². The average Bonchev–Trinajstić information content (AvgIpc) is 2.89. The van der Waals surface area contributed by atoms with Gasteiger partial charge in [-0.2, -0.15) is 0 Å². The molecular weight excluding hydrogens is 298 g/mol. The summed E-state index contributed by atoms with van der Waals surface area (Å²) in [5.41, 5.74) is 3.75. The maximum absolute atomic E-state index is 9.16. The third-order valence-electron chi connectivity index (χ3n) is 4.53. The number of fused-ring (bicyclic) bond motifs is 1. The first-order chi connectivity index (χ1) is 11.6. The summed E-state index contributed by atoms with van der Waals surface area (Å²) in [6, 6.07) is 17.2. The van der Waals surface area contributed by atoms with Crippen LogP contribution in [0.4, 0.5) is 0 Å². The van der Waals surface area contributed by atoms with Crippen LogP contribution in [0, 0.1) is 0 Å². The molecule has 0 fully saturated rings. The van der Waals surface area contributed by atoms with E-state index in [1.54, 1.807) is 0 Å². The molecule has 24 heavy (non-hydrogen) atoms. The van der Waals surface area contributed by atoms with Crippen LogP contribution in [-0.4, -0.2) is 17.3 Å². The minimum absolute atomic E-state index is 0.0952. The lowest BCUT2D eigenvalue weighted by Gasteiger charge is -2.19. The van der Waals surface area contributed by atoms with Gasteiger partial charge < -0.3 is 15.2 Å². The largest absolute Gasteiger partial charge is 0.487 e. The molecule has 2 aromatic rings. The summed E-state index contributed by atoms with van der Waals surface area (Å²) in [5.74, 6) is 1.02. The van der Waals surface area contributed by atoms with Crippen LogP contribution in [0.3, 0.4) is 0 Å². The number of rotatable bonds is 7. The van der Waals surface area contributed by atoms with E-state index in [-0.39, 0.29) is 18.2 Å². The van der Waals surface area contributed by atoms with Crippen LogP contribution < -0.4 is 10.1 Å². The van der Waals surface area contributed by atoms with Gasteiger partial charge in [-0.3, -0.25) is 0 Å². The van der Waals surface area contributed by atoms with Crippen molar-refractivity contribution in [2.24, 2.45) is 0 Å². The van der Waals surface area contributed by atoms with Gasteiger partial charge in [-0.1, -0.05) is 42.5 Å². The molecule has 0 saturated carbocycles. The number of hydrogen-bond acceptors (Lipinski definition) is 3. The minimum Gasteiger partial charge on any atom is -0.487 e. The Morgan fingerprint density at radius 2 is 1.96 bits per heavy atom. The van der Waals surface area contributed by atoms with Gasteiger partial charge in [0.15, 0.2) is 0 Å². The second-order valence-electron chi connectivity index (χ2n) is 7.19. The summed E-state index contributed by atoms with van der Waals surface area (Å²) in [6.07, 6.45) is 2.70. The first-order valence-corrected chi connectivity index (χ1v) is 8.77. The Hall–Kier alpha value is -1.84. The third-order valence-corrected chi connectivity index (χ3v) is 4.53. The number of ether oxygens (including phenoxy) is 1. The first-order valence-electron chi connectivity index (χ1n) is 8.77. The molecule has 2 aromatic carbocycles. The van der Waals surface area contributed by atoms with E-state index in [4.69, 9.17) is 9.84 Å². The standard InChI is InChI=1S/C21H27NO2/c1-21(2)14-18-13-16(10-11-20(18)24-21)15-22-19(9-6-12-23)17-7-4-3-5-8-17/h3-5,7-8,10-11,13,19,22-23H,6,9,12,14-15H2,1-2H3. The fraction of sp³-hybridized carbons (Fsp3) is 0.429. The molecule has 1 unspecified atom stereocenters. The molecule has 3 rings (SSSR count). The van der Waals surface area contributed by atoms with E-state index in [0.29, 0.717) is 0 Å². The van der Waals surface area contributed by atoms with Crippen LogP contribution in [0.1, 0.15) is 49.4 Å². The second kappa shape index (κ2) is 7.37. The number of hydrogen-bond donors (Lipinski definition) is 2. The molecule has 0 aliphatic carbocycles. The lowest BCUT2D eigenvalue weighted by molar-refractivity contribution is 0.138.